The minimum absolute atomic E-state index is 0.0579. The largest absolute Gasteiger partial charge is 0.370 e. The van der Waals surface area contributed by atoms with E-state index in [4.69, 9.17) is 11.6 Å². The van der Waals surface area contributed by atoms with E-state index in [-0.39, 0.29) is 5.91 Å². The predicted molar refractivity (Wildman–Crippen MR) is 82.3 cm³/mol. The molecule has 1 fully saturated rings. The van der Waals surface area contributed by atoms with E-state index in [1.54, 1.807) is 12.1 Å². The first-order valence-corrected chi connectivity index (χ1v) is 7.74. The van der Waals surface area contributed by atoms with Crippen molar-refractivity contribution in [1.82, 2.24) is 10.3 Å². The molecule has 1 saturated carbocycles. The van der Waals surface area contributed by atoms with Crippen molar-refractivity contribution < 1.29 is 4.79 Å². The summed E-state index contributed by atoms with van der Waals surface area (Å²) in [6.45, 7) is 5.06. The topological polar surface area (TPSA) is 54.0 Å². The van der Waals surface area contributed by atoms with E-state index in [0.717, 1.165) is 19.4 Å². The molecular formula is C15H22ClN3O. The molecule has 0 aliphatic heterocycles. The summed E-state index contributed by atoms with van der Waals surface area (Å²) in [5.41, 5.74) is 0.575. The Hall–Kier alpha value is -1.29. The van der Waals surface area contributed by atoms with E-state index >= 15 is 0 Å². The van der Waals surface area contributed by atoms with Gasteiger partial charge in [0.25, 0.3) is 5.91 Å². The van der Waals surface area contributed by atoms with Crippen molar-refractivity contribution in [3.05, 3.63) is 22.8 Å². The van der Waals surface area contributed by atoms with E-state index in [0.29, 0.717) is 28.5 Å². The lowest BCUT2D eigenvalue weighted by Gasteiger charge is -2.08. The Bertz CT molecular complexity index is 478. The molecule has 1 aromatic rings. The Morgan fingerprint density at radius 1 is 1.40 bits per heavy atom. The van der Waals surface area contributed by atoms with Crippen LogP contribution in [-0.2, 0) is 0 Å². The Kier molecular flexibility index (Phi) is 5.24. The number of nitrogens with one attached hydrogen (secondary N) is 2. The Morgan fingerprint density at radius 2 is 2.20 bits per heavy atom. The number of carbonyl (C=O) groups excluding carboxylic acids is 1. The molecule has 0 radical (unpaired) electrons. The highest BCUT2D eigenvalue weighted by Gasteiger charge is 2.37. The van der Waals surface area contributed by atoms with Gasteiger partial charge in [0.1, 0.15) is 11.0 Å². The molecule has 1 aliphatic carbocycles. The fraction of sp³-hybridized carbons (Fsp3) is 0.600. The number of halogens is 1. The van der Waals surface area contributed by atoms with Gasteiger partial charge in [-0.25, -0.2) is 4.98 Å². The maximum Gasteiger partial charge on any atom is 0.251 e. The van der Waals surface area contributed by atoms with Crippen molar-refractivity contribution in [3.8, 4) is 0 Å². The Labute approximate surface area is 125 Å². The number of hydrogen-bond acceptors (Lipinski definition) is 3. The van der Waals surface area contributed by atoms with Crippen molar-refractivity contribution >= 4 is 23.3 Å². The van der Waals surface area contributed by atoms with Crippen LogP contribution in [0.4, 0.5) is 5.82 Å². The van der Waals surface area contributed by atoms with Crippen LogP contribution in [0.2, 0.25) is 5.15 Å². The van der Waals surface area contributed by atoms with Crippen molar-refractivity contribution in [2.75, 3.05) is 11.9 Å². The van der Waals surface area contributed by atoms with Gasteiger partial charge in [0.05, 0.1) is 0 Å². The summed E-state index contributed by atoms with van der Waals surface area (Å²) in [6.07, 6.45) is 4.45. The molecule has 2 rings (SSSR count). The van der Waals surface area contributed by atoms with Crippen LogP contribution in [0.1, 0.15) is 49.9 Å². The van der Waals surface area contributed by atoms with Crippen molar-refractivity contribution in [1.29, 1.82) is 0 Å². The second kappa shape index (κ2) is 6.93. The number of nitrogens with zero attached hydrogens (tertiary/aromatic N) is 1. The van der Waals surface area contributed by atoms with Gasteiger partial charge in [-0.05, 0) is 37.3 Å². The average Bonchev–Trinajstić information content (AvgIpc) is 3.14. The number of hydrogen-bond donors (Lipinski definition) is 2. The maximum absolute atomic E-state index is 12.2. The molecule has 0 saturated heterocycles. The lowest BCUT2D eigenvalue weighted by atomic mass is 10.2. The number of amides is 1. The second-order valence-corrected chi connectivity index (χ2v) is 5.74. The molecule has 2 unspecified atom stereocenters. The molecule has 110 valence electrons. The van der Waals surface area contributed by atoms with Crippen molar-refractivity contribution in [3.63, 3.8) is 0 Å². The first-order chi connectivity index (χ1) is 9.63. The van der Waals surface area contributed by atoms with Crippen LogP contribution < -0.4 is 10.6 Å². The fourth-order valence-corrected chi connectivity index (χ4v) is 2.55. The zero-order valence-corrected chi connectivity index (χ0v) is 12.8. The molecule has 2 N–H and O–H groups in total. The van der Waals surface area contributed by atoms with E-state index in [1.165, 1.54) is 12.8 Å². The van der Waals surface area contributed by atoms with Crippen LogP contribution in [0.15, 0.2) is 12.1 Å². The van der Waals surface area contributed by atoms with Crippen LogP contribution in [-0.4, -0.2) is 23.5 Å². The number of anilines is 1. The first-order valence-electron chi connectivity index (χ1n) is 7.36. The number of pyridine rings is 1. The van der Waals surface area contributed by atoms with Gasteiger partial charge < -0.3 is 10.6 Å². The average molecular weight is 296 g/mol. The minimum atomic E-state index is -0.0579. The van der Waals surface area contributed by atoms with Gasteiger partial charge in [-0.2, -0.15) is 0 Å². The molecule has 0 bridgehead atoms. The number of rotatable bonds is 7. The summed E-state index contributed by atoms with van der Waals surface area (Å²) < 4.78 is 0. The van der Waals surface area contributed by atoms with Crippen molar-refractivity contribution in [2.24, 2.45) is 5.92 Å². The molecule has 2 atom stereocenters. The van der Waals surface area contributed by atoms with Gasteiger partial charge >= 0.3 is 0 Å². The summed E-state index contributed by atoms with van der Waals surface area (Å²) in [7, 11) is 0. The predicted octanol–water partition coefficient (Wildman–Crippen LogP) is 3.48. The third-order valence-electron chi connectivity index (χ3n) is 3.51. The zero-order chi connectivity index (χ0) is 14.5. The van der Waals surface area contributed by atoms with Crippen LogP contribution in [0.3, 0.4) is 0 Å². The third kappa shape index (κ3) is 4.10. The highest BCUT2D eigenvalue weighted by molar-refractivity contribution is 6.29. The van der Waals surface area contributed by atoms with Gasteiger partial charge in [0.2, 0.25) is 0 Å². The highest BCUT2D eigenvalue weighted by atomic mass is 35.5. The van der Waals surface area contributed by atoms with Gasteiger partial charge in [-0.1, -0.05) is 31.9 Å². The van der Waals surface area contributed by atoms with Crippen LogP contribution in [0, 0.1) is 5.92 Å². The van der Waals surface area contributed by atoms with Gasteiger partial charge in [0, 0.05) is 18.2 Å². The van der Waals surface area contributed by atoms with Crippen LogP contribution in [0.5, 0.6) is 0 Å². The van der Waals surface area contributed by atoms with Gasteiger partial charge in [-0.3, -0.25) is 4.79 Å². The standard InChI is InChI=1S/C15H22ClN3O/c1-3-5-10-7-12(10)18-15(20)11-8-13(16)19-14(9-11)17-6-4-2/h8-10,12H,3-7H2,1-2H3,(H,17,19)(H,18,20). The molecule has 5 heteroatoms. The molecular weight excluding hydrogens is 274 g/mol. The lowest BCUT2D eigenvalue weighted by Crippen LogP contribution is -2.27. The molecule has 4 nitrogen and oxygen atoms in total. The fourth-order valence-electron chi connectivity index (χ4n) is 2.34. The molecule has 1 aromatic heterocycles. The first kappa shape index (κ1) is 15.1. The summed E-state index contributed by atoms with van der Waals surface area (Å²) in [6, 6.07) is 3.71. The van der Waals surface area contributed by atoms with E-state index in [1.807, 2.05) is 0 Å². The molecule has 0 aromatic carbocycles. The Balaban J connectivity index is 1.97. The molecule has 1 heterocycles. The minimum Gasteiger partial charge on any atom is -0.370 e. The van der Waals surface area contributed by atoms with Gasteiger partial charge in [-0.15, -0.1) is 0 Å². The monoisotopic (exact) mass is 295 g/mol. The van der Waals surface area contributed by atoms with E-state index in [2.05, 4.69) is 29.5 Å². The van der Waals surface area contributed by atoms with E-state index < -0.39 is 0 Å². The molecule has 1 aliphatic rings. The quantitative estimate of drug-likeness (QED) is 0.757. The highest BCUT2D eigenvalue weighted by Crippen LogP contribution is 2.34. The smallest absolute Gasteiger partial charge is 0.251 e. The zero-order valence-electron chi connectivity index (χ0n) is 12.1. The summed E-state index contributed by atoms with van der Waals surface area (Å²) in [5.74, 6) is 1.25. The lowest BCUT2D eigenvalue weighted by molar-refractivity contribution is 0.0948. The number of carbonyl (C=O) groups is 1. The molecule has 0 spiro atoms. The summed E-state index contributed by atoms with van der Waals surface area (Å²) in [5, 5.41) is 6.56. The summed E-state index contributed by atoms with van der Waals surface area (Å²) >= 11 is 5.97. The molecule has 20 heavy (non-hydrogen) atoms. The SMILES string of the molecule is CCCNc1cc(C(=O)NC2CC2CCC)cc(Cl)n1. The van der Waals surface area contributed by atoms with Crippen LogP contribution in [0.25, 0.3) is 0 Å². The van der Waals surface area contributed by atoms with Gasteiger partial charge in [0.15, 0.2) is 0 Å². The van der Waals surface area contributed by atoms with Crippen LogP contribution >= 0.6 is 11.6 Å². The third-order valence-corrected chi connectivity index (χ3v) is 3.70. The normalized spacial score (nSPS) is 20.6. The number of aromatic nitrogens is 1. The van der Waals surface area contributed by atoms with Crippen molar-refractivity contribution in [2.45, 2.75) is 45.6 Å². The second-order valence-electron chi connectivity index (χ2n) is 5.35. The summed E-state index contributed by atoms with van der Waals surface area (Å²) in [4.78, 5) is 16.4. The maximum atomic E-state index is 12.2. The molecule has 1 amide bonds. The van der Waals surface area contributed by atoms with E-state index in [9.17, 15) is 4.79 Å². The Morgan fingerprint density at radius 3 is 2.90 bits per heavy atom.